The largest absolute Gasteiger partial charge is 0.437 e. The lowest BCUT2D eigenvalue weighted by Crippen LogP contribution is -1.91. The molecule has 0 spiro atoms. The predicted molar refractivity (Wildman–Crippen MR) is 87.5 cm³/mol. The van der Waals surface area contributed by atoms with Crippen LogP contribution >= 0.6 is 27.3 Å². The predicted octanol–water partition coefficient (Wildman–Crippen LogP) is 4.63. The molecule has 0 saturated carbocycles. The molecule has 0 N–H and O–H groups in total. The molecule has 0 unspecified atom stereocenters. The minimum Gasteiger partial charge on any atom is -0.437 e. The van der Waals surface area contributed by atoms with Crippen molar-refractivity contribution in [2.75, 3.05) is 0 Å². The molecule has 0 aliphatic rings. The van der Waals surface area contributed by atoms with Gasteiger partial charge in [-0.15, -0.1) is 11.3 Å². The third kappa shape index (κ3) is 2.20. The van der Waals surface area contributed by atoms with Crippen molar-refractivity contribution >= 4 is 43.1 Å². The third-order valence-electron chi connectivity index (χ3n) is 3.24. The van der Waals surface area contributed by atoms with Gasteiger partial charge in [0.2, 0.25) is 5.88 Å². The lowest BCUT2D eigenvalue weighted by Gasteiger charge is -2.05. The van der Waals surface area contributed by atoms with Crippen molar-refractivity contribution in [3.8, 4) is 11.6 Å². The molecule has 1 aromatic carbocycles. The second kappa shape index (κ2) is 5.13. The molecule has 0 aliphatic carbocycles. The van der Waals surface area contributed by atoms with Crippen LogP contribution in [-0.4, -0.2) is 14.4 Å². The van der Waals surface area contributed by atoms with E-state index in [-0.39, 0.29) is 0 Å². The van der Waals surface area contributed by atoms with Crippen LogP contribution in [0.2, 0.25) is 0 Å². The first kappa shape index (κ1) is 12.8. The van der Waals surface area contributed by atoms with Crippen molar-refractivity contribution in [1.29, 1.82) is 0 Å². The van der Waals surface area contributed by atoms with Gasteiger partial charge in [-0.05, 0) is 18.2 Å². The van der Waals surface area contributed by atoms with E-state index in [1.807, 2.05) is 46.3 Å². The van der Waals surface area contributed by atoms with Crippen LogP contribution in [0.3, 0.4) is 0 Å². The van der Waals surface area contributed by atoms with Crippen LogP contribution in [0.15, 0.2) is 48.1 Å². The van der Waals surface area contributed by atoms with Crippen LogP contribution < -0.4 is 4.74 Å². The number of benzene rings is 1. The molecular weight excluding hydrogens is 350 g/mol. The Morgan fingerprint density at radius 1 is 1.29 bits per heavy atom. The highest BCUT2D eigenvalue weighted by Gasteiger charge is 2.14. The summed E-state index contributed by atoms with van der Waals surface area (Å²) in [7, 11) is 0. The van der Waals surface area contributed by atoms with Gasteiger partial charge in [0.25, 0.3) is 0 Å². The average molecular weight is 360 g/mol. The van der Waals surface area contributed by atoms with E-state index in [2.05, 4.69) is 25.9 Å². The summed E-state index contributed by atoms with van der Waals surface area (Å²) in [6, 6.07) is 9.83. The van der Waals surface area contributed by atoms with Crippen LogP contribution in [0.1, 0.15) is 5.69 Å². The van der Waals surface area contributed by atoms with Gasteiger partial charge in [-0.1, -0.05) is 22.0 Å². The fourth-order valence-corrected chi connectivity index (χ4v) is 3.47. The van der Waals surface area contributed by atoms with Gasteiger partial charge < -0.3 is 4.74 Å². The van der Waals surface area contributed by atoms with Gasteiger partial charge in [0.05, 0.1) is 11.2 Å². The number of imidazole rings is 1. The highest BCUT2D eigenvalue weighted by molar-refractivity contribution is 9.08. The molecule has 0 aliphatic heterocycles. The first-order valence-electron chi connectivity index (χ1n) is 6.38. The van der Waals surface area contributed by atoms with Crippen molar-refractivity contribution in [3.05, 3.63) is 53.8 Å². The molecule has 0 saturated heterocycles. The van der Waals surface area contributed by atoms with Gasteiger partial charge in [0.15, 0.2) is 4.96 Å². The smallest absolute Gasteiger partial charge is 0.243 e. The van der Waals surface area contributed by atoms with Gasteiger partial charge in [-0.2, -0.15) is 4.98 Å². The second-order valence-corrected chi connectivity index (χ2v) is 5.95. The van der Waals surface area contributed by atoms with Crippen LogP contribution in [0.4, 0.5) is 0 Å². The Balaban J connectivity index is 1.76. The first-order chi connectivity index (χ1) is 10.3. The number of ether oxygens (including phenoxy) is 1. The molecule has 0 amide bonds. The SMILES string of the molecule is BrCc1c(Oc2ccc3cccnc3c2)nc2sccn12. The van der Waals surface area contributed by atoms with Gasteiger partial charge in [-0.25, -0.2) is 0 Å². The second-order valence-electron chi connectivity index (χ2n) is 4.51. The number of fused-ring (bicyclic) bond motifs is 2. The van der Waals surface area contributed by atoms with Crippen LogP contribution in [-0.2, 0) is 5.33 Å². The number of hydrogen-bond donors (Lipinski definition) is 0. The molecular formula is C15H10BrN3OS. The molecule has 0 fully saturated rings. The highest BCUT2D eigenvalue weighted by Crippen LogP contribution is 2.30. The standard InChI is InChI=1S/C15H10BrN3OS/c16-9-13-14(18-15-19(13)6-7-21-15)20-11-4-3-10-2-1-5-17-12(10)8-11/h1-8H,9H2. The Labute approximate surface area is 133 Å². The fraction of sp³-hybridized carbons (Fsp3) is 0.0667. The quantitative estimate of drug-likeness (QED) is 0.500. The van der Waals surface area contributed by atoms with E-state index >= 15 is 0 Å². The van der Waals surface area contributed by atoms with Gasteiger partial charge in [0.1, 0.15) is 5.75 Å². The van der Waals surface area contributed by atoms with Crippen molar-refractivity contribution < 1.29 is 4.74 Å². The summed E-state index contributed by atoms with van der Waals surface area (Å²) < 4.78 is 7.99. The van der Waals surface area contributed by atoms with Crippen molar-refractivity contribution in [1.82, 2.24) is 14.4 Å². The van der Waals surface area contributed by atoms with Crippen LogP contribution in [0, 0.1) is 0 Å². The zero-order chi connectivity index (χ0) is 14.2. The van der Waals surface area contributed by atoms with Crippen LogP contribution in [0.5, 0.6) is 11.6 Å². The zero-order valence-corrected chi connectivity index (χ0v) is 13.3. The first-order valence-corrected chi connectivity index (χ1v) is 8.38. The minimum atomic E-state index is 0.633. The number of rotatable bonds is 3. The molecule has 4 rings (SSSR count). The van der Waals surface area contributed by atoms with E-state index in [0.29, 0.717) is 11.2 Å². The summed E-state index contributed by atoms with van der Waals surface area (Å²) in [4.78, 5) is 9.80. The molecule has 0 radical (unpaired) electrons. The van der Waals surface area contributed by atoms with E-state index in [9.17, 15) is 0 Å². The van der Waals surface area contributed by atoms with Crippen molar-refractivity contribution in [3.63, 3.8) is 0 Å². The van der Waals surface area contributed by atoms with E-state index in [1.165, 1.54) is 0 Å². The van der Waals surface area contributed by atoms with E-state index in [1.54, 1.807) is 17.5 Å². The summed E-state index contributed by atoms with van der Waals surface area (Å²) in [5, 5.41) is 3.79. The fourth-order valence-electron chi connectivity index (χ4n) is 2.24. The number of pyridine rings is 1. The number of aromatic nitrogens is 3. The summed E-state index contributed by atoms with van der Waals surface area (Å²) in [6.07, 6.45) is 3.78. The molecule has 3 aromatic heterocycles. The normalized spacial score (nSPS) is 11.3. The average Bonchev–Trinajstić information content (AvgIpc) is 3.07. The van der Waals surface area contributed by atoms with Crippen LogP contribution in [0.25, 0.3) is 15.9 Å². The topological polar surface area (TPSA) is 39.4 Å². The Morgan fingerprint density at radius 3 is 3.14 bits per heavy atom. The Morgan fingerprint density at radius 2 is 2.24 bits per heavy atom. The highest BCUT2D eigenvalue weighted by atomic mass is 79.9. The Bertz CT molecular complexity index is 931. The molecule has 6 heteroatoms. The Kier molecular flexibility index (Phi) is 3.12. The minimum absolute atomic E-state index is 0.633. The van der Waals surface area contributed by atoms with Gasteiger partial charge >= 0.3 is 0 Å². The van der Waals surface area contributed by atoms with E-state index in [4.69, 9.17) is 4.74 Å². The van der Waals surface area contributed by atoms with Gasteiger partial charge in [0, 0.05) is 34.6 Å². The maximum Gasteiger partial charge on any atom is 0.243 e. The number of thiazole rings is 1. The van der Waals surface area contributed by atoms with Gasteiger partial charge in [-0.3, -0.25) is 9.38 Å². The molecule has 4 aromatic rings. The maximum absolute atomic E-state index is 5.96. The lowest BCUT2D eigenvalue weighted by molar-refractivity contribution is 0.462. The molecule has 3 heterocycles. The molecule has 0 bridgehead atoms. The maximum atomic E-state index is 5.96. The number of halogens is 1. The summed E-state index contributed by atoms with van der Waals surface area (Å²) in [5.41, 5.74) is 1.92. The lowest BCUT2D eigenvalue weighted by atomic mass is 10.2. The molecule has 4 nitrogen and oxygen atoms in total. The number of hydrogen-bond acceptors (Lipinski definition) is 4. The summed E-state index contributed by atoms with van der Waals surface area (Å²) in [6.45, 7) is 0. The Hall–Kier alpha value is -1.92. The molecule has 21 heavy (non-hydrogen) atoms. The van der Waals surface area contributed by atoms with E-state index < -0.39 is 0 Å². The van der Waals surface area contributed by atoms with Crippen molar-refractivity contribution in [2.45, 2.75) is 5.33 Å². The summed E-state index contributed by atoms with van der Waals surface area (Å²) in [5.74, 6) is 1.38. The third-order valence-corrected chi connectivity index (χ3v) is 4.53. The number of alkyl halides is 1. The monoisotopic (exact) mass is 359 g/mol. The summed E-state index contributed by atoms with van der Waals surface area (Å²) >= 11 is 5.09. The van der Waals surface area contributed by atoms with E-state index in [0.717, 1.165) is 27.3 Å². The molecule has 104 valence electrons. The van der Waals surface area contributed by atoms with Crippen molar-refractivity contribution in [2.24, 2.45) is 0 Å². The number of nitrogens with zero attached hydrogens (tertiary/aromatic N) is 3. The molecule has 0 atom stereocenters. The zero-order valence-electron chi connectivity index (χ0n) is 10.9.